The van der Waals surface area contributed by atoms with Crippen molar-refractivity contribution in [3.63, 3.8) is 0 Å². The van der Waals surface area contributed by atoms with Crippen LogP contribution < -0.4 is 0 Å². The topological polar surface area (TPSA) is 46.1 Å². The Morgan fingerprint density at radius 2 is 1.53 bits per heavy atom. The van der Waals surface area contributed by atoms with Crippen molar-refractivity contribution in [2.75, 3.05) is 0 Å². The second-order valence-corrected chi connectivity index (χ2v) is 8.27. The van der Waals surface area contributed by atoms with E-state index < -0.39 is 35.9 Å². The monoisotopic (exact) mass is 503 g/mol. The first-order valence-electron chi connectivity index (χ1n) is 10.7. The Kier molecular flexibility index (Phi) is 6.71. The van der Waals surface area contributed by atoms with Gasteiger partial charge in [-0.1, -0.05) is 24.3 Å². The minimum absolute atomic E-state index is 0.00491. The third-order valence-electron chi connectivity index (χ3n) is 5.64. The molecule has 0 aliphatic heterocycles. The first kappa shape index (κ1) is 25.2. The number of pyridine rings is 2. The highest BCUT2D eigenvalue weighted by Gasteiger charge is 2.37. The van der Waals surface area contributed by atoms with Crippen LogP contribution in [0, 0.1) is 6.92 Å². The number of carbonyl (C=O) groups excluding carboxylic acids is 1. The Morgan fingerprint density at radius 3 is 2.17 bits per heavy atom. The molecule has 186 valence electrons. The van der Waals surface area contributed by atoms with E-state index in [1.807, 2.05) is 0 Å². The molecule has 2 aromatic carbocycles. The Hall–Kier alpha value is -3.95. The third kappa shape index (κ3) is 5.64. The molecule has 0 aliphatic carbocycles. The molecule has 0 atom stereocenters. The van der Waals surface area contributed by atoms with Gasteiger partial charge >= 0.3 is 12.4 Å². The molecule has 0 saturated heterocycles. The highest BCUT2D eigenvalue weighted by atomic mass is 19.4. The molecule has 2 aromatic heterocycles. The minimum Gasteiger partial charge on any atom is -0.329 e. The molecule has 0 bridgehead atoms. The summed E-state index contributed by atoms with van der Waals surface area (Å²) in [5, 5.41) is 0.673. The van der Waals surface area contributed by atoms with Crippen molar-refractivity contribution >= 4 is 16.8 Å². The molecule has 4 nitrogen and oxygen atoms in total. The van der Waals surface area contributed by atoms with Crippen LogP contribution in [0.5, 0.6) is 0 Å². The Labute approximate surface area is 202 Å². The van der Waals surface area contributed by atoms with Crippen LogP contribution in [0.3, 0.4) is 0 Å². The second-order valence-electron chi connectivity index (χ2n) is 8.27. The zero-order chi connectivity index (χ0) is 26.1. The average molecular weight is 503 g/mol. The summed E-state index contributed by atoms with van der Waals surface area (Å²) in [4.78, 5) is 23.0. The summed E-state index contributed by atoms with van der Waals surface area (Å²) in [5.41, 5.74) is -1.19. The van der Waals surface area contributed by atoms with Gasteiger partial charge in [-0.05, 0) is 60.0 Å². The molecule has 0 aliphatic rings. The Balaban J connectivity index is 1.77. The lowest BCUT2D eigenvalue weighted by molar-refractivity contribution is -0.143. The van der Waals surface area contributed by atoms with E-state index in [1.165, 1.54) is 17.2 Å². The van der Waals surface area contributed by atoms with Crippen molar-refractivity contribution in [3.05, 3.63) is 107 Å². The number of nitrogens with zero attached hydrogens (tertiary/aromatic N) is 3. The SMILES string of the molecule is Cc1ccccc1CN(Cc1cc(C(F)(F)F)cc(C(F)(F)F)c1)C(=O)c1ccc2cnccc2n1. The molecule has 0 saturated carbocycles. The van der Waals surface area contributed by atoms with Gasteiger partial charge in [0, 0.05) is 30.9 Å². The summed E-state index contributed by atoms with van der Waals surface area (Å²) < 4.78 is 80.3. The summed E-state index contributed by atoms with van der Waals surface area (Å²) in [6.45, 7) is 1.26. The van der Waals surface area contributed by atoms with Gasteiger partial charge in [-0.25, -0.2) is 4.98 Å². The maximum atomic E-state index is 13.5. The molecular weight excluding hydrogens is 484 g/mol. The van der Waals surface area contributed by atoms with Gasteiger partial charge in [0.15, 0.2) is 0 Å². The number of benzene rings is 2. The molecule has 36 heavy (non-hydrogen) atoms. The molecule has 1 amide bonds. The van der Waals surface area contributed by atoms with E-state index in [2.05, 4.69) is 9.97 Å². The van der Waals surface area contributed by atoms with Crippen LogP contribution in [-0.2, 0) is 25.4 Å². The zero-order valence-electron chi connectivity index (χ0n) is 18.9. The van der Waals surface area contributed by atoms with Gasteiger partial charge in [-0.2, -0.15) is 26.3 Å². The fraction of sp³-hybridized carbons (Fsp3) is 0.192. The number of fused-ring (bicyclic) bond motifs is 1. The van der Waals surface area contributed by atoms with Crippen molar-refractivity contribution in [2.45, 2.75) is 32.4 Å². The van der Waals surface area contributed by atoms with Crippen molar-refractivity contribution < 1.29 is 31.1 Å². The van der Waals surface area contributed by atoms with Crippen LogP contribution in [0.1, 0.15) is 38.3 Å². The summed E-state index contributed by atoms with van der Waals surface area (Å²) in [7, 11) is 0. The largest absolute Gasteiger partial charge is 0.416 e. The molecule has 0 fully saturated rings. The smallest absolute Gasteiger partial charge is 0.329 e. The number of amides is 1. The number of aryl methyl sites for hydroxylation is 1. The maximum absolute atomic E-state index is 13.5. The number of halogens is 6. The lowest BCUT2D eigenvalue weighted by Crippen LogP contribution is -2.31. The first-order chi connectivity index (χ1) is 16.9. The Morgan fingerprint density at radius 1 is 0.861 bits per heavy atom. The summed E-state index contributed by atoms with van der Waals surface area (Å²) in [6.07, 6.45) is -6.93. The van der Waals surface area contributed by atoms with E-state index in [4.69, 9.17) is 0 Å². The van der Waals surface area contributed by atoms with Gasteiger partial charge in [-0.15, -0.1) is 0 Å². The maximum Gasteiger partial charge on any atom is 0.416 e. The summed E-state index contributed by atoms with van der Waals surface area (Å²) >= 11 is 0. The van der Waals surface area contributed by atoms with Crippen molar-refractivity contribution in [2.24, 2.45) is 0 Å². The van der Waals surface area contributed by atoms with E-state index in [0.717, 1.165) is 5.56 Å². The van der Waals surface area contributed by atoms with Crippen LogP contribution in [0.4, 0.5) is 26.3 Å². The van der Waals surface area contributed by atoms with Crippen molar-refractivity contribution in [1.82, 2.24) is 14.9 Å². The quantitative estimate of drug-likeness (QED) is 0.281. The molecule has 0 unspecified atom stereocenters. The molecule has 10 heteroatoms. The standard InChI is InChI=1S/C26H19F6N3O/c1-16-4-2-3-5-19(16)15-35(24(36)23-7-6-18-13-33-9-8-22(18)34-23)14-17-10-20(25(27,28)29)12-21(11-17)26(30,31)32/h2-13H,14-15H2,1H3. The van der Waals surface area contributed by atoms with E-state index in [0.29, 0.717) is 28.6 Å². The fourth-order valence-corrected chi connectivity index (χ4v) is 3.77. The van der Waals surface area contributed by atoms with Gasteiger partial charge in [0.25, 0.3) is 5.91 Å². The van der Waals surface area contributed by atoms with Crippen LogP contribution in [-0.4, -0.2) is 20.8 Å². The third-order valence-corrected chi connectivity index (χ3v) is 5.64. The van der Waals surface area contributed by atoms with Gasteiger partial charge in [0.1, 0.15) is 5.69 Å². The van der Waals surface area contributed by atoms with Crippen LogP contribution in [0.2, 0.25) is 0 Å². The summed E-state index contributed by atoms with van der Waals surface area (Å²) in [6, 6.07) is 13.1. The molecule has 2 heterocycles. The molecule has 4 aromatic rings. The number of hydrogen-bond acceptors (Lipinski definition) is 3. The van der Waals surface area contributed by atoms with Gasteiger partial charge in [-0.3, -0.25) is 9.78 Å². The van der Waals surface area contributed by atoms with Gasteiger partial charge in [0.2, 0.25) is 0 Å². The molecular formula is C26H19F6N3O. The zero-order valence-corrected chi connectivity index (χ0v) is 18.9. The van der Waals surface area contributed by atoms with Crippen LogP contribution >= 0.6 is 0 Å². The molecule has 0 N–H and O–H groups in total. The number of rotatable bonds is 5. The van der Waals surface area contributed by atoms with E-state index in [-0.39, 0.29) is 23.9 Å². The van der Waals surface area contributed by atoms with Crippen molar-refractivity contribution in [3.8, 4) is 0 Å². The number of aromatic nitrogens is 2. The average Bonchev–Trinajstić information content (AvgIpc) is 2.83. The fourth-order valence-electron chi connectivity index (χ4n) is 3.77. The summed E-state index contributed by atoms with van der Waals surface area (Å²) in [5.74, 6) is -0.636. The van der Waals surface area contributed by atoms with Gasteiger partial charge in [0.05, 0.1) is 16.6 Å². The van der Waals surface area contributed by atoms with Crippen molar-refractivity contribution in [1.29, 1.82) is 0 Å². The number of hydrogen-bond donors (Lipinski definition) is 0. The predicted molar refractivity (Wildman–Crippen MR) is 121 cm³/mol. The molecule has 4 rings (SSSR count). The lowest BCUT2D eigenvalue weighted by Gasteiger charge is -2.25. The van der Waals surface area contributed by atoms with Gasteiger partial charge < -0.3 is 4.90 Å². The molecule has 0 spiro atoms. The van der Waals surface area contributed by atoms with Crippen LogP contribution in [0.25, 0.3) is 10.9 Å². The van der Waals surface area contributed by atoms with E-state index in [1.54, 1.807) is 49.5 Å². The normalized spacial score (nSPS) is 12.1. The van der Waals surface area contributed by atoms with Crippen LogP contribution in [0.15, 0.2) is 73.1 Å². The number of carbonyl (C=O) groups is 1. The second kappa shape index (κ2) is 9.60. The highest BCUT2D eigenvalue weighted by Crippen LogP contribution is 2.36. The minimum atomic E-state index is -4.99. The van der Waals surface area contributed by atoms with E-state index >= 15 is 0 Å². The Bertz CT molecular complexity index is 1380. The number of alkyl halides is 6. The first-order valence-corrected chi connectivity index (χ1v) is 10.7. The van der Waals surface area contributed by atoms with E-state index in [9.17, 15) is 31.1 Å². The highest BCUT2D eigenvalue weighted by molar-refractivity contribution is 5.94. The molecule has 0 radical (unpaired) electrons. The predicted octanol–water partition coefficient (Wildman–Crippen LogP) is 6.82. The lowest BCUT2D eigenvalue weighted by atomic mass is 10.0.